The first-order chi connectivity index (χ1) is 13.4. The molecule has 0 spiro atoms. The van der Waals surface area contributed by atoms with Gasteiger partial charge in [0.15, 0.2) is 4.34 Å². The van der Waals surface area contributed by atoms with E-state index in [9.17, 15) is 9.59 Å². The zero-order valence-electron chi connectivity index (χ0n) is 13.9. The molecule has 28 heavy (non-hydrogen) atoms. The van der Waals surface area contributed by atoms with Crippen LogP contribution in [-0.2, 0) is 4.79 Å². The molecule has 6 nitrogen and oxygen atoms in total. The van der Waals surface area contributed by atoms with E-state index in [1.165, 1.54) is 35.2 Å². The minimum absolute atomic E-state index is 0.166. The first kappa shape index (κ1) is 21.1. The number of anilines is 2. The molecule has 3 aromatic rings. The Balaban J connectivity index is 1.53. The second kappa shape index (κ2) is 9.71. The van der Waals surface area contributed by atoms with E-state index in [0.29, 0.717) is 20.2 Å². The molecule has 11 heteroatoms. The van der Waals surface area contributed by atoms with Crippen LogP contribution in [0.3, 0.4) is 0 Å². The lowest BCUT2D eigenvalue weighted by atomic mass is 10.2. The topological polar surface area (TPSA) is 84.0 Å². The summed E-state index contributed by atoms with van der Waals surface area (Å²) in [7, 11) is 0. The van der Waals surface area contributed by atoms with Crippen molar-refractivity contribution in [3.63, 3.8) is 0 Å². The Morgan fingerprint density at radius 3 is 2.54 bits per heavy atom. The summed E-state index contributed by atoms with van der Waals surface area (Å²) in [5.41, 5.74) is 0.989. The molecular formula is C17H11BrCl2N4O2S2. The van der Waals surface area contributed by atoms with Gasteiger partial charge in [0.1, 0.15) is 0 Å². The van der Waals surface area contributed by atoms with E-state index in [2.05, 4.69) is 36.8 Å². The second-order valence-corrected chi connectivity index (χ2v) is 9.25. The number of benzene rings is 2. The van der Waals surface area contributed by atoms with Gasteiger partial charge < -0.3 is 5.32 Å². The monoisotopic (exact) mass is 516 g/mol. The van der Waals surface area contributed by atoms with Crippen molar-refractivity contribution in [1.82, 2.24) is 10.2 Å². The third kappa shape index (κ3) is 5.92. The van der Waals surface area contributed by atoms with Gasteiger partial charge in [-0.05, 0) is 42.5 Å². The highest BCUT2D eigenvalue weighted by molar-refractivity contribution is 9.10. The van der Waals surface area contributed by atoms with Gasteiger partial charge in [0, 0.05) is 15.2 Å². The molecule has 144 valence electrons. The van der Waals surface area contributed by atoms with Gasteiger partial charge in [-0.3, -0.25) is 14.9 Å². The van der Waals surface area contributed by atoms with E-state index in [4.69, 9.17) is 23.2 Å². The Morgan fingerprint density at radius 2 is 1.82 bits per heavy atom. The predicted octanol–water partition coefficient (Wildman–Crippen LogP) is 5.59. The van der Waals surface area contributed by atoms with E-state index in [-0.39, 0.29) is 22.2 Å². The lowest BCUT2D eigenvalue weighted by Gasteiger charge is -2.04. The molecule has 1 aromatic heterocycles. The van der Waals surface area contributed by atoms with E-state index >= 15 is 0 Å². The van der Waals surface area contributed by atoms with Crippen LogP contribution in [0.1, 0.15) is 10.4 Å². The fourth-order valence-corrected chi connectivity index (χ4v) is 4.32. The van der Waals surface area contributed by atoms with Crippen LogP contribution in [0, 0.1) is 0 Å². The highest BCUT2D eigenvalue weighted by atomic mass is 79.9. The largest absolute Gasteiger partial charge is 0.325 e. The van der Waals surface area contributed by atoms with Crippen LogP contribution in [-0.4, -0.2) is 27.8 Å². The van der Waals surface area contributed by atoms with Crippen LogP contribution in [0.15, 0.2) is 51.3 Å². The molecule has 1 heterocycles. The normalized spacial score (nSPS) is 10.5. The molecular weight excluding hydrogens is 507 g/mol. The third-order valence-corrected chi connectivity index (χ3v) is 6.31. The van der Waals surface area contributed by atoms with Gasteiger partial charge in [-0.2, -0.15) is 0 Å². The van der Waals surface area contributed by atoms with Crippen LogP contribution >= 0.6 is 62.2 Å². The van der Waals surface area contributed by atoms with Crippen LogP contribution in [0.5, 0.6) is 0 Å². The van der Waals surface area contributed by atoms with Gasteiger partial charge in [-0.1, -0.05) is 62.2 Å². The number of thioether (sulfide) groups is 1. The highest BCUT2D eigenvalue weighted by Crippen LogP contribution is 2.27. The highest BCUT2D eigenvalue weighted by Gasteiger charge is 2.14. The summed E-state index contributed by atoms with van der Waals surface area (Å²) >= 11 is 17.6. The van der Waals surface area contributed by atoms with E-state index in [1.807, 2.05) is 12.1 Å². The number of nitrogens with zero attached hydrogens (tertiary/aromatic N) is 2. The van der Waals surface area contributed by atoms with Crippen LogP contribution in [0.25, 0.3) is 0 Å². The van der Waals surface area contributed by atoms with Crippen molar-refractivity contribution in [2.45, 2.75) is 4.34 Å². The van der Waals surface area contributed by atoms with E-state index < -0.39 is 5.91 Å². The number of halogens is 3. The zero-order chi connectivity index (χ0) is 20.1. The number of carbonyl (C=O) groups is 2. The van der Waals surface area contributed by atoms with Crippen molar-refractivity contribution in [2.24, 2.45) is 0 Å². The fourth-order valence-electron chi connectivity index (χ4n) is 2.01. The number of hydrogen-bond donors (Lipinski definition) is 2. The van der Waals surface area contributed by atoms with Gasteiger partial charge in [0.05, 0.1) is 16.3 Å². The summed E-state index contributed by atoms with van der Waals surface area (Å²) in [5.74, 6) is -0.412. The second-order valence-electron chi connectivity index (χ2n) is 5.30. The summed E-state index contributed by atoms with van der Waals surface area (Å²) in [4.78, 5) is 24.3. The Morgan fingerprint density at radius 1 is 1.07 bits per heavy atom. The standard InChI is InChI=1S/C17H11BrCl2N4O2S2/c18-9-1-4-11(5-2-9)21-14(25)8-27-17-24-23-16(28-17)22-15(26)12-6-3-10(19)7-13(12)20/h1-7H,8H2,(H,21,25)(H,22,23,26). The quantitative estimate of drug-likeness (QED) is 0.329. The van der Waals surface area contributed by atoms with Crippen LogP contribution in [0.2, 0.25) is 10.0 Å². The molecule has 3 rings (SSSR count). The molecule has 0 atom stereocenters. The number of nitrogens with one attached hydrogen (secondary N) is 2. The molecule has 0 aliphatic heterocycles. The van der Waals surface area contributed by atoms with Crippen LogP contribution in [0.4, 0.5) is 10.8 Å². The molecule has 0 fully saturated rings. The molecule has 0 saturated heterocycles. The Kier molecular flexibility index (Phi) is 7.30. The Bertz CT molecular complexity index is 1010. The molecule has 0 aliphatic rings. The number of rotatable bonds is 6. The zero-order valence-corrected chi connectivity index (χ0v) is 18.6. The molecule has 0 saturated carbocycles. The van der Waals surface area contributed by atoms with Gasteiger partial charge in [-0.15, -0.1) is 10.2 Å². The predicted molar refractivity (Wildman–Crippen MR) is 118 cm³/mol. The van der Waals surface area contributed by atoms with Crippen molar-refractivity contribution in [1.29, 1.82) is 0 Å². The maximum atomic E-state index is 12.3. The lowest BCUT2D eigenvalue weighted by molar-refractivity contribution is -0.113. The molecule has 0 aliphatic carbocycles. The smallest absolute Gasteiger partial charge is 0.259 e. The molecule has 0 bridgehead atoms. The summed E-state index contributed by atoms with van der Waals surface area (Å²) in [5, 5.41) is 14.3. The van der Waals surface area contributed by atoms with Gasteiger partial charge in [0.25, 0.3) is 5.91 Å². The Labute approximate surface area is 187 Å². The lowest BCUT2D eigenvalue weighted by Crippen LogP contribution is -2.13. The summed E-state index contributed by atoms with van der Waals surface area (Å²) < 4.78 is 1.49. The molecule has 2 aromatic carbocycles. The number of hydrogen-bond acceptors (Lipinski definition) is 6. The maximum absolute atomic E-state index is 12.3. The van der Waals surface area contributed by atoms with Crippen molar-refractivity contribution in [3.8, 4) is 0 Å². The minimum atomic E-state index is -0.414. The average molecular weight is 518 g/mol. The minimum Gasteiger partial charge on any atom is -0.325 e. The Hall–Kier alpha value is -1.65. The van der Waals surface area contributed by atoms with E-state index in [0.717, 1.165) is 4.47 Å². The fraction of sp³-hybridized carbons (Fsp3) is 0.0588. The molecule has 0 radical (unpaired) electrons. The van der Waals surface area contributed by atoms with Gasteiger partial charge >= 0.3 is 0 Å². The average Bonchev–Trinajstić information content (AvgIpc) is 3.09. The van der Waals surface area contributed by atoms with Gasteiger partial charge in [-0.25, -0.2) is 0 Å². The van der Waals surface area contributed by atoms with Crippen molar-refractivity contribution in [3.05, 3.63) is 62.5 Å². The molecule has 0 unspecified atom stereocenters. The third-order valence-electron chi connectivity index (χ3n) is 3.26. The van der Waals surface area contributed by atoms with E-state index in [1.54, 1.807) is 18.2 Å². The SMILES string of the molecule is O=C(CSc1nnc(NC(=O)c2ccc(Cl)cc2Cl)s1)Nc1ccc(Br)cc1. The molecule has 2 amide bonds. The van der Waals surface area contributed by atoms with Gasteiger partial charge in [0.2, 0.25) is 11.0 Å². The first-order valence-corrected chi connectivity index (χ1v) is 11.0. The van der Waals surface area contributed by atoms with Crippen molar-refractivity contribution in [2.75, 3.05) is 16.4 Å². The number of aromatic nitrogens is 2. The van der Waals surface area contributed by atoms with Crippen LogP contribution < -0.4 is 10.6 Å². The van der Waals surface area contributed by atoms with Crippen molar-refractivity contribution < 1.29 is 9.59 Å². The first-order valence-electron chi connectivity index (χ1n) is 7.69. The maximum Gasteiger partial charge on any atom is 0.259 e. The molecule has 2 N–H and O–H groups in total. The summed E-state index contributed by atoms with van der Waals surface area (Å²) in [6.07, 6.45) is 0. The summed E-state index contributed by atoms with van der Waals surface area (Å²) in [6, 6.07) is 11.9. The van der Waals surface area contributed by atoms with Crippen molar-refractivity contribution >= 4 is 84.9 Å². The summed E-state index contributed by atoms with van der Waals surface area (Å²) in [6.45, 7) is 0. The number of carbonyl (C=O) groups excluding carboxylic acids is 2. The number of amides is 2.